The standard InChI is InChI=1S/C38H46N2O4.C24H36Br2N2O2.C7H7BO3/c1-3-5-7-9-11-13-23-39-35-25-34(32-21-17-30(28-42)18-22-32)38(44)40(24-14-12-10-8-6-4-2)36(35)26-33(37(39)43)31-19-15-29(27-41)16-20-31;1-3-5-7-9-11-13-15-27-21-17-20(26)24(30)28(16-14-12-10-8-6-4-2)22(21)18-19(25)23(27)29;9-5-6-1-3-7(4-2-6)8(10)11/h15-22,25-28H,3-14,23-24H2,1-2H3;17-18H,3-16H2,1-2H3;1-5,10-11H. The number of aldehydes is 3. The van der Waals surface area contributed by atoms with Crippen LogP contribution in [-0.2, 0) is 26.2 Å². The van der Waals surface area contributed by atoms with Crippen LogP contribution in [0, 0.1) is 0 Å². The summed E-state index contributed by atoms with van der Waals surface area (Å²) in [6.07, 6.45) is 29.7. The molecule has 2 N–H and O–H groups in total. The maximum atomic E-state index is 14.2. The third kappa shape index (κ3) is 21.1. The Hall–Kier alpha value is -6.07. The minimum atomic E-state index is -1.46. The molecule has 0 aliphatic heterocycles. The van der Waals surface area contributed by atoms with Crippen molar-refractivity contribution in [3.05, 3.63) is 164 Å². The molecule has 85 heavy (non-hydrogen) atoms. The number of halogens is 2. The van der Waals surface area contributed by atoms with E-state index < -0.39 is 7.12 Å². The zero-order chi connectivity index (χ0) is 61.5. The van der Waals surface area contributed by atoms with Gasteiger partial charge in [0.05, 0.1) is 31.0 Å². The molecule has 13 nitrogen and oxygen atoms in total. The predicted octanol–water partition coefficient (Wildman–Crippen LogP) is 15.4. The Bertz CT molecular complexity index is 3240. The minimum Gasteiger partial charge on any atom is -0.423 e. The molecule has 0 atom stereocenters. The van der Waals surface area contributed by atoms with Crippen LogP contribution >= 0.6 is 31.9 Å². The zero-order valence-corrected chi connectivity index (χ0v) is 53.8. The number of fused-ring (bicyclic) bond motifs is 2. The van der Waals surface area contributed by atoms with E-state index in [9.17, 15) is 33.6 Å². The van der Waals surface area contributed by atoms with Gasteiger partial charge in [-0.05, 0) is 98.4 Å². The van der Waals surface area contributed by atoms with Crippen LogP contribution in [-0.4, -0.2) is 54.3 Å². The molecular weight excluding hydrogens is 1200 g/mol. The molecule has 4 heterocycles. The van der Waals surface area contributed by atoms with Gasteiger partial charge in [-0.15, -0.1) is 0 Å². The van der Waals surface area contributed by atoms with Crippen LogP contribution in [0.2, 0.25) is 0 Å². The number of aryl methyl sites for hydroxylation is 4. The molecule has 0 radical (unpaired) electrons. The van der Waals surface area contributed by atoms with Gasteiger partial charge in [0.15, 0.2) is 0 Å². The first kappa shape index (κ1) is 69.7. The quantitative estimate of drug-likeness (QED) is 0.0225. The zero-order valence-electron chi connectivity index (χ0n) is 50.6. The van der Waals surface area contributed by atoms with Crippen LogP contribution in [0.4, 0.5) is 0 Å². The lowest BCUT2D eigenvalue weighted by atomic mass is 9.80. The van der Waals surface area contributed by atoms with E-state index in [1.54, 1.807) is 48.5 Å². The molecular formula is C69H89BBr2N4O9. The van der Waals surface area contributed by atoms with Gasteiger partial charge in [-0.3, -0.25) is 33.6 Å². The Morgan fingerprint density at radius 3 is 0.871 bits per heavy atom. The number of nitrogens with zero attached hydrogens (tertiary/aromatic N) is 4. The molecule has 0 bridgehead atoms. The highest BCUT2D eigenvalue weighted by atomic mass is 79.9. The van der Waals surface area contributed by atoms with Gasteiger partial charge in [0.2, 0.25) is 0 Å². The fourth-order valence-electron chi connectivity index (χ4n) is 10.6. The van der Waals surface area contributed by atoms with Crippen molar-refractivity contribution in [1.29, 1.82) is 0 Å². The van der Waals surface area contributed by atoms with Crippen molar-refractivity contribution in [2.75, 3.05) is 0 Å². The first-order chi connectivity index (χ1) is 41.3. The lowest BCUT2D eigenvalue weighted by Gasteiger charge is -2.19. The van der Waals surface area contributed by atoms with E-state index in [4.69, 9.17) is 10.0 Å². The molecule has 456 valence electrons. The van der Waals surface area contributed by atoms with Gasteiger partial charge in [-0.2, -0.15) is 0 Å². The van der Waals surface area contributed by atoms with Crippen LogP contribution in [0.5, 0.6) is 0 Å². The van der Waals surface area contributed by atoms with E-state index in [0.29, 0.717) is 74.7 Å². The van der Waals surface area contributed by atoms with Crippen LogP contribution < -0.4 is 27.7 Å². The summed E-state index contributed by atoms with van der Waals surface area (Å²) in [4.78, 5) is 86.7. The number of unbranched alkanes of at least 4 members (excludes halogenated alkanes) is 20. The van der Waals surface area contributed by atoms with Gasteiger partial charge >= 0.3 is 7.12 Å². The Labute approximate surface area is 519 Å². The summed E-state index contributed by atoms with van der Waals surface area (Å²) >= 11 is 6.88. The normalized spacial score (nSPS) is 11.1. The molecule has 7 rings (SSSR count). The van der Waals surface area contributed by atoms with E-state index >= 15 is 0 Å². The van der Waals surface area contributed by atoms with Crippen LogP contribution in [0.3, 0.4) is 0 Å². The van der Waals surface area contributed by atoms with E-state index in [0.717, 1.165) is 110 Å². The summed E-state index contributed by atoms with van der Waals surface area (Å²) in [6, 6.07) is 27.5. The molecule has 7 aromatic rings. The minimum absolute atomic E-state index is 0.0206. The number of carbonyl (C=O) groups excluding carboxylic acids is 3. The van der Waals surface area contributed by atoms with Crippen LogP contribution in [0.25, 0.3) is 44.3 Å². The summed E-state index contributed by atoms with van der Waals surface area (Å²) in [6.45, 7) is 11.3. The van der Waals surface area contributed by atoms with Crippen molar-refractivity contribution in [3.8, 4) is 22.3 Å². The van der Waals surface area contributed by atoms with Gasteiger partial charge in [0.1, 0.15) is 18.9 Å². The molecule has 0 fully saturated rings. The van der Waals surface area contributed by atoms with E-state index in [1.165, 1.54) is 114 Å². The summed E-state index contributed by atoms with van der Waals surface area (Å²) in [7, 11) is -1.46. The molecule has 0 saturated carbocycles. The molecule has 16 heteroatoms. The molecule has 0 aliphatic rings. The number of hydrogen-bond donors (Lipinski definition) is 2. The first-order valence-corrected chi connectivity index (χ1v) is 32.8. The van der Waals surface area contributed by atoms with Gasteiger partial charge < -0.3 is 28.3 Å². The predicted molar refractivity (Wildman–Crippen MR) is 357 cm³/mol. The Kier molecular flexibility index (Phi) is 31.3. The third-order valence-electron chi connectivity index (χ3n) is 15.7. The van der Waals surface area contributed by atoms with Gasteiger partial charge in [-0.25, -0.2) is 0 Å². The SMILES string of the molecule is CCCCCCCCn1c(=O)c(-c2ccc(C=O)cc2)cc2c1cc(-c1ccc(C=O)cc1)c(=O)n2CCCCCCCC.CCCCCCCCn1c(=O)c(Br)cc2c1cc(Br)c(=O)n2CCCCCCCC.O=Cc1ccc(B(O)O)cc1. The highest BCUT2D eigenvalue weighted by Gasteiger charge is 2.20. The summed E-state index contributed by atoms with van der Waals surface area (Å²) < 4.78 is 8.42. The smallest absolute Gasteiger partial charge is 0.423 e. The molecule has 0 amide bonds. The number of carbonyl (C=O) groups is 3. The molecule has 3 aromatic carbocycles. The van der Waals surface area contributed by atoms with Crippen molar-refractivity contribution < 1.29 is 24.4 Å². The van der Waals surface area contributed by atoms with Crippen molar-refractivity contribution in [2.24, 2.45) is 0 Å². The highest BCUT2D eigenvalue weighted by molar-refractivity contribution is 9.10. The molecule has 0 saturated heterocycles. The maximum absolute atomic E-state index is 14.2. The number of hydrogen-bond acceptors (Lipinski definition) is 9. The Balaban J connectivity index is 0.000000276. The number of pyridine rings is 4. The monoisotopic (exact) mass is 1290 g/mol. The second kappa shape index (κ2) is 38.2. The largest absolute Gasteiger partial charge is 0.488 e. The van der Waals surface area contributed by atoms with Crippen LogP contribution in [0.1, 0.15) is 213 Å². The fraction of sp³-hybridized carbons (Fsp3) is 0.464. The summed E-state index contributed by atoms with van der Waals surface area (Å²) in [5.41, 5.74) is 7.45. The van der Waals surface area contributed by atoms with E-state index in [1.807, 2.05) is 42.5 Å². The summed E-state index contributed by atoms with van der Waals surface area (Å²) in [5.74, 6) is 0. The summed E-state index contributed by atoms with van der Waals surface area (Å²) in [5, 5.41) is 17.3. The average Bonchev–Trinajstić information content (AvgIpc) is 1.97. The Morgan fingerprint density at radius 2 is 0.600 bits per heavy atom. The van der Waals surface area contributed by atoms with Crippen molar-refractivity contribution in [1.82, 2.24) is 18.3 Å². The lowest BCUT2D eigenvalue weighted by Crippen LogP contribution is -2.29. The van der Waals surface area contributed by atoms with Gasteiger partial charge in [-0.1, -0.05) is 229 Å². The van der Waals surface area contributed by atoms with Gasteiger partial charge in [0, 0.05) is 54.0 Å². The Morgan fingerprint density at radius 1 is 0.353 bits per heavy atom. The number of aromatic nitrogens is 4. The lowest BCUT2D eigenvalue weighted by molar-refractivity contribution is 0.111. The topological polar surface area (TPSA) is 180 Å². The molecule has 4 aromatic heterocycles. The van der Waals surface area contributed by atoms with Crippen molar-refractivity contribution >= 4 is 85.4 Å². The van der Waals surface area contributed by atoms with Crippen molar-refractivity contribution in [2.45, 2.75) is 208 Å². The average molecular weight is 1290 g/mol. The van der Waals surface area contributed by atoms with E-state index in [2.05, 4.69) is 59.6 Å². The molecule has 0 unspecified atom stereocenters. The molecule has 0 aliphatic carbocycles. The maximum Gasteiger partial charge on any atom is 0.488 e. The first-order valence-electron chi connectivity index (χ1n) is 31.2. The van der Waals surface area contributed by atoms with E-state index in [-0.39, 0.29) is 22.2 Å². The molecule has 0 spiro atoms. The third-order valence-corrected chi connectivity index (χ3v) is 16.8. The number of rotatable bonds is 34. The van der Waals surface area contributed by atoms with Crippen LogP contribution in [0.15, 0.2) is 125 Å². The fourth-order valence-corrected chi connectivity index (χ4v) is 11.5. The second-order valence-electron chi connectivity index (χ2n) is 22.2. The second-order valence-corrected chi connectivity index (χ2v) is 23.9. The van der Waals surface area contributed by atoms with Gasteiger partial charge in [0.25, 0.3) is 22.2 Å². The number of benzene rings is 3. The highest BCUT2D eigenvalue weighted by Crippen LogP contribution is 2.27. The van der Waals surface area contributed by atoms with Crippen molar-refractivity contribution in [3.63, 3.8) is 0 Å².